The lowest BCUT2D eigenvalue weighted by Gasteiger charge is -2.36. The number of phenolic OH excluding ortho intramolecular Hbond substituents is 1. The van der Waals surface area contributed by atoms with Crippen LogP contribution in [0.25, 0.3) is 0 Å². The Kier molecular flexibility index (Phi) is 14.8. The Morgan fingerprint density at radius 3 is 2.53 bits per heavy atom. The van der Waals surface area contributed by atoms with Crippen molar-refractivity contribution in [2.45, 2.75) is 103 Å². The standard InChI is InChI=1S/C37H52N4O8/c1-22(2)18-24(5)32-16-9-7-8-15-30(43)25(6)31(44)21-33(45)39-34(23(3)4)35(46)38-29(20-26-12-10-13-27(42)19-26)36(47)41-17-11-14-28(40-41)37(48)49-32/h7-10,12-13,15,18-19,23,25,28-32,34,40,42-44H,1,11,14,16-17,20-21H2,2-6H3,(H,38,46)(H,39,45)/b9-7+,15-8+,24-18+/t25?,28-,29-,30+,31-,32-,34-/m0/s1. The van der Waals surface area contributed by atoms with Crippen LogP contribution in [0.2, 0.25) is 0 Å². The number of aromatic hydroxyl groups is 1. The van der Waals surface area contributed by atoms with Gasteiger partial charge in [0, 0.05) is 25.3 Å². The summed E-state index contributed by atoms with van der Waals surface area (Å²) in [5.74, 6) is -3.36. The third kappa shape index (κ3) is 12.0. The van der Waals surface area contributed by atoms with Gasteiger partial charge in [-0.3, -0.25) is 24.2 Å². The van der Waals surface area contributed by atoms with Crippen LogP contribution in [0.15, 0.2) is 72.4 Å². The van der Waals surface area contributed by atoms with Crippen molar-refractivity contribution in [3.8, 4) is 5.75 Å². The van der Waals surface area contributed by atoms with Crippen LogP contribution in [0.4, 0.5) is 0 Å². The van der Waals surface area contributed by atoms with E-state index in [1.165, 1.54) is 23.2 Å². The van der Waals surface area contributed by atoms with Gasteiger partial charge in [-0.2, -0.15) is 0 Å². The lowest BCUT2D eigenvalue weighted by molar-refractivity contribution is -0.156. The van der Waals surface area contributed by atoms with Crippen molar-refractivity contribution < 1.29 is 39.2 Å². The molecule has 2 aliphatic heterocycles. The molecule has 12 heteroatoms. The minimum absolute atomic E-state index is 0.00491. The van der Waals surface area contributed by atoms with Crippen molar-refractivity contribution in [1.29, 1.82) is 0 Å². The predicted molar refractivity (Wildman–Crippen MR) is 186 cm³/mol. The van der Waals surface area contributed by atoms with Crippen LogP contribution in [-0.4, -0.2) is 87.0 Å². The summed E-state index contributed by atoms with van der Waals surface area (Å²) in [6.45, 7) is 13.0. The number of hydrazine groups is 1. The van der Waals surface area contributed by atoms with E-state index in [0.717, 1.165) is 11.1 Å². The number of allylic oxidation sites excluding steroid dienone is 4. The summed E-state index contributed by atoms with van der Waals surface area (Å²) in [4.78, 5) is 54.3. The fraction of sp³-hybridized carbons (Fsp3) is 0.514. The van der Waals surface area contributed by atoms with Gasteiger partial charge in [0.05, 0.1) is 18.6 Å². The Morgan fingerprint density at radius 2 is 1.86 bits per heavy atom. The number of phenols is 1. The van der Waals surface area contributed by atoms with Crippen molar-refractivity contribution in [3.63, 3.8) is 0 Å². The van der Waals surface area contributed by atoms with Crippen LogP contribution >= 0.6 is 0 Å². The van der Waals surface area contributed by atoms with Gasteiger partial charge in [-0.1, -0.05) is 75.4 Å². The molecule has 0 spiro atoms. The highest BCUT2D eigenvalue weighted by molar-refractivity contribution is 5.92. The second-order valence-corrected chi connectivity index (χ2v) is 13.4. The monoisotopic (exact) mass is 680 g/mol. The molecule has 0 radical (unpaired) electrons. The van der Waals surface area contributed by atoms with Crippen molar-refractivity contribution in [1.82, 2.24) is 21.1 Å². The third-order valence-electron chi connectivity index (χ3n) is 8.65. The maximum Gasteiger partial charge on any atom is 0.325 e. The van der Waals surface area contributed by atoms with Crippen LogP contribution in [0, 0.1) is 11.8 Å². The Labute approximate surface area is 288 Å². The molecule has 6 N–H and O–H groups in total. The van der Waals surface area contributed by atoms with Gasteiger partial charge in [0.1, 0.15) is 30.0 Å². The molecule has 7 atom stereocenters. The lowest BCUT2D eigenvalue weighted by atomic mass is 9.94. The van der Waals surface area contributed by atoms with Gasteiger partial charge in [0.2, 0.25) is 11.8 Å². The predicted octanol–water partition coefficient (Wildman–Crippen LogP) is 2.75. The molecule has 1 fully saturated rings. The number of carbonyl (C=O) groups excluding carboxylic acids is 4. The van der Waals surface area contributed by atoms with Gasteiger partial charge >= 0.3 is 5.97 Å². The van der Waals surface area contributed by atoms with E-state index in [1.54, 1.807) is 51.1 Å². The molecule has 2 bridgehead atoms. The molecule has 3 rings (SSSR count). The zero-order valence-corrected chi connectivity index (χ0v) is 29.1. The summed E-state index contributed by atoms with van der Waals surface area (Å²) in [6, 6.07) is 3.33. The molecule has 2 heterocycles. The van der Waals surface area contributed by atoms with E-state index in [2.05, 4.69) is 22.6 Å². The Balaban J connectivity index is 1.99. The fourth-order valence-corrected chi connectivity index (χ4v) is 5.72. The Bertz CT molecular complexity index is 1440. The number of aliphatic hydroxyl groups excluding tert-OH is 2. The number of rotatable bonds is 5. The fourth-order valence-electron chi connectivity index (χ4n) is 5.72. The molecule has 0 aliphatic carbocycles. The maximum atomic E-state index is 14.0. The highest BCUT2D eigenvalue weighted by Crippen LogP contribution is 2.20. The zero-order valence-electron chi connectivity index (χ0n) is 29.1. The highest BCUT2D eigenvalue weighted by atomic mass is 16.5. The number of nitrogens with zero attached hydrogens (tertiary/aromatic N) is 1. The largest absolute Gasteiger partial charge is 0.508 e. The number of hydrogen-bond donors (Lipinski definition) is 6. The van der Waals surface area contributed by atoms with Gasteiger partial charge in [-0.05, 0) is 55.9 Å². The molecule has 268 valence electrons. The minimum atomic E-state index is -1.21. The summed E-state index contributed by atoms with van der Waals surface area (Å²) in [7, 11) is 0. The second kappa shape index (κ2) is 18.5. The van der Waals surface area contributed by atoms with Crippen molar-refractivity contribution >= 4 is 23.7 Å². The average Bonchev–Trinajstić information content (AvgIpc) is 3.04. The topological polar surface area (TPSA) is 178 Å². The number of cyclic esters (lactones) is 1. The molecule has 1 aromatic rings. The maximum absolute atomic E-state index is 14.0. The molecular weight excluding hydrogens is 628 g/mol. The van der Waals surface area contributed by atoms with Gasteiger partial charge in [-0.25, -0.2) is 5.43 Å². The molecule has 49 heavy (non-hydrogen) atoms. The number of carbonyl (C=O) groups is 4. The first kappa shape index (κ1) is 39.2. The van der Waals surface area contributed by atoms with Crippen molar-refractivity contribution in [2.75, 3.05) is 6.54 Å². The molecule has 2 aliphatic rings. The Hall–Kier alpha value is -4.26. The molecule has 0 saturated carbocycles. The summed E-state index contributed by atoms with van der Waals surface area (Å²) in [5.41, 5.74) is 5.15. The summed E-state index contributed by atoms with van der Waals surface area (Å²) in [5, 5.41) is 38.3. The summed E-state index contributed by atoms with van der Waals surface area (Å²) in [6.07, 6.45) is 6.44. The number of nitrogens with one attached hydrogen (secondary N) is 3. The van der Waals surface area contributed by atoms with Gasteiger partial charge in [0.15, 0.2) is 0 Å². The van der Waals surface area contributed by atoms with Gasteiger partial charge in [-0.15, -0.1) is 0 Å². The zero-order chi connectivity index (χ0) is 36.2. The minimum Gasteiger partial charge on any atom is -0.508 e. The highest BCUT2D eigenvalue weighted by Gasteiger charge is 2.36. The number of aliphatic hydroxyl groups is 2. The van der Waals surface area contributed by atoms with Crippen LogP contribution < -0.4 is 16.1 Å². The smallest absolute Gasteiger partial charge is 0.325 e. The van der Waals surface area contributed by atoms with E-state index in [0.29, 0.717) is 24.8 Å². The second-order valence-electron chi connectivity index (χ2n) is 13.4. The molecule has 12 nitrogen and oxygen atoms in total. The van der Waals surface area contributed by atoms with Gasteiger partial charge < -0.3 is 30.7 Å². The van der Waals surface area contributed by atoms with Crippen molar-refractivity contribution in [2.24, 2.45) is 11.8 Å². The number of esters is 1. The van der Waals surface area contributed by atoms with Crippen LogP contribution in [0.5, 0.6) is 5.75 Å². The quantitative estimate of drug-likeness (QED) is 0.202. The normalized spacial score (nSPS) is 29.9. The van der Waals surface area contributed by atoms with E-state index < -0.39 is 66.0 Å². The number of hydrogen-bond acceptors (Lipinski definition) is 9. The molecule has 3 amide bonds. The van der Waals surface area contributed by atoms with Crippen LogP contribution in [0.1, 0.15) is 65.9 Å². The number of ether oxygens (including phenoxy) is 1. The molecule has 1 unspecified atom stereocenters. The number of fused-ring (bicyclic) bond motifs is 2. The number of amides is 3. The van der Waals surface area contributed by atoms with E-state index in [1.807, 2.05) is 19.9 Å². The molecular formula is C37H52N4O8. The Morgan fingerprint density at radius 1 is 1.12 bits per heavy atom. The average molecular weight is 681 g/mol. The first-order chi connectivity index (χ1) is 23.2. The lowest BCUT2D eigenvalue weighted by Crippen LogP contribution is -2.62. The first-order valence-corrected chi connectivity index (χ1v) is 16.8. The summed E-state index contributed by atoms with van der Waals surface area (Å²) >= 11 is 0. The van der Waals surface area contributed by atoms with Crippen molar-refractivity contribution in [3.05, 3.63) is 77.9 Å². The first-order valence-electron chi connectivity index (χ1n) is 16.8. The summed E-state index contributed by atoms with van der Waals surface area (Å²) < 4.78 is 5.96. The van der Waals surface area contributed by atoms with Crippen LogP contribution in [-0.2, 0) is 30.3 Å². The van der Waals surface area contributed by atoms with Crippen LogP contribution in [0.3, 0.4) is 0 Å². The van der Waals surface area contributed by atoms with E-state index in [-0.39, 0.29) is 31.1 Å². The number of benzene rings is 1. The molecule has 1 saturated heterocycles. The third-order valence-corrected chi connectivity index (χ3v) is 8.65. The van der Waals surface area contributed by atoms with E-state index >= 15 is 0 Å². The molecule has 0 aromatic heterocycles. The van der Waals surface area contributed by atoms with Gasteiger partial charge in [0.25, 0.3) is 5.91 Å². The molecule has 1 aromatic carbocycles. The SMILES string of the molecule is C=C(C)/C=C(\C)[C@@H]1C/C=C/C=C/[C@@H](O)C(C)[C@@H](O)CC(=O)N[C@@H](C(C)C)C(=O)N[C@@H](Cc2cccc(O)c2)C(=O)N2CCC[C@H](N2)C(=O)O1. The van der Waals surface area contributed by atoms with E-state index in [4.69, 9.17) is 4.74 Å². The van der Waals surface area contributed by atoms with E-state index in [9.17, 15) is 34.5 Å².